The van der Waals surface area contributed by atoms with Crippen molar-refractivity contribution in [2.24, 2.45) is 0 Å². The van der Waals surface area contributed by atoms with E-state index in [4.69, 9.17) is 4.74 Å². The number of amides is 1. The molecule has 2 heterocycles. The van der Waals surface area contributed by atoms with Crippen LogP contribution in [0.5, 0.6) is 0 Å². The summed E-state index contributed by atoms with van der Waals surface area (Å²) in [7, 11) is 0. The van der Waals surface area contributed by atoms with Crippen LogP contribution in [0.1, 0.15) is 29.9 Å². The van der Waals surface area contributed by atoms with Crippen molar-refractivity contribution in [3.63, 3.8) is 0 Å². The number of ether oxygens (including phenoxy) is 1. The van der Waals surface area contributed by atoms with Crippen LogP contribution in [-0.2, 0) is 4.74 Å². The van der Waals surface area contributed by atoms with E-state index in [9.17, 15) is 4.79 Å². The van der Waals surface area contributed by atoms with Crippen LogP contribution in [-0.4, -0.2) is 51.1 Å². The Kier molecular flexibility index (Phi) is 3.77. The molecule has 100 valence electrons. The second-order valence-electron chi connectivity index (χ2n) is 5.25. The normalized spacial score (nSPS) is 23.1. The fourth-order valence-electron chi connectivity index (χ4n) is 2.27. The maximum Gasteiger partial charge on any atom is 0.257 e. The highest BCUT2D eigenvalue weighted by Gasteiger charge is 2.35. The van der Waals surface area contributed by atoms with Gasteiger partial charge >= 0.3 is 0 Å². The highest BCUT2D eigenvalue weighted by molar-refractivity contribution is 9.09. The number of carbonyl (C=O) groups excluding carboxylic acids is 1. The lowest BCUT2D eigenvalue weighted by atomic mass is 10.0. The molecular weight excluding hydrogens is 298 g/mol. The van der Waals surface area contributed by atoms with Gasteiger partial charge in [-0.2, -0.15) is 5.10 Å². The number of hydrogen-bond donors (Lipinski definition) is 1. The number of nitrogens with zero attached hydrogens (tertiary/aromatic N) is 2. The molecule has 1 saturated heterocycles. The Hall–Kier alpha value is -0.880. The molecule has 0 spiro atoms. The maximum absolute atomic E-state index is 12.4. The Balaban J connectivity index is 2.17. The summed E-state index contributed by atoms with van der Waals surface area (Å²) in [6.07, 6.45) is 1.62. The number of nitrogens with one attached hydrogen (secondary N) is 1. The number of morpholine rings is 1. The van der Waals surface area contributed by atoms with Crippen molar-refractivity contribution in [3.05, 3.63) is 17.5 Å². The number of aromatic amines is 1. The lowest BCUT2D eigenvalue weighted by Gasteiger charge is -2.42. The molecule has 0 aliphatic carbocycles. The van der Waals surface area contributed by atoms with Crippen molar-refractivity contribution < 1.29 is 9.53 Å². The molecule has 1 amide bonds. The van der Waals surface area contributed by atoms with Gasteiger partial charge in [0.05, 0.1) is 23.5 Å². The minimum Gasteiger partial charge on any atom is -0.368 e. The molecule has 18 heavy (non-hydrogen) atoms. The van der Waals surface area contributed by atoms with Crippen molar-refractivity contribution in [1.29, 1.82) is 0 Å². The predicted octanol–water partition coefficient (Wildman–Crippen LogP) is 1.73. The van der Waals surface area contributed by atoms with Gasteiger partial charge in [-0.3, -0.25) is 9.89 Å². The zero-order valence-electron chi connectivity index (χ0n) is 10.9. The Morgan fingerprint density at radius 2 is 2.44 bits per heavy atom. The molecule has 1 atom stereocenters. The summed E-state index contributed by atoms with van der Waals surface area (Å²) in [5, 5.41) is 7.42. The van der Waals surface area contributed by atoms with E-state index in [1.807, 2.05) is 25.7 Å². The third kappa shape index (κ3) is 2.75. The van der Waals surface area contributed by atoms with Crippen LogP contribution in [0.2, 0.25) is 0 Å². The number of carbonyl (C=O) groups is 1. The molecule has 1 fully saturated rings. The number of hydrogen-bond acceptors (Lipinski definition) is 3. The fraction of sp³-hybridized carbons (Fsp3) is 0.667. The summed E-state index contributed by atoms with van der Waals surface area (Å²) in [5.74, 6) is 0.0172. The van der Waals surface area contributed by atoms with Crippen molar-refractivity contribution in [2.75, 3.05) is 18.4 Å². The predicted molar refractivity (Wildman–Crippen MR) is 72.0 cm³/mol. The Morgan fingerprint density at radius 1 is 1.72 bits per heavy atom. The second kappa shape index (κ2) is 5.01. The largest absolute Gasteiger partial charge is 0.368 e. The molecule has 1 aliphatic rings. The van der Waals surface area contributed by atoms with E-state index >= 15 is 0 Å². The molecule has 2 rings (SSSR count). The SMILES string of the molecule is Cc1[nH]ncc1C(=O)N1CC(CBr)OC(C)(C)C1. The molecule has 0 radical (unpaired) electrons. The zero-order valence-corrected chi connectivity index (χ0v) is 12.5. The molecule has 1 aliphatic heterocycles. The summed E-state index contributed by atoms with van der Waals surface area (Å²) < 4.78 is 5.89. The first-order valence-corrected chi connectivity index (χ1v) is 7.08. The minimum absolute atomic E-state index is 0.0172. The lowest BCUT2D eigenvalue weighted by Crippen LogP contribution is -2.55. The van der Waals surface area contributed by atoms with Crippen LogP contribution in [0.15, 0.2) is 6.20 Å². The van der Waals surface area contributed by atoms with Gasteiger partial charge in [0.2, 0.25) is 0 Å². The maximum atomic E-state index is 12.4. The summed E-state index contributed by atoms with van der Waals surface area (Å²) in [4.78, 5) is 14.3. The van der Waals surface area contributed by atoms with E-state index in [2.05, 4.69) is 26.1 Å². The van der Waals surface area contributed by atoms with E-state index < -0.39 is 0 Å². The van der Waals surface area contributed by atoms with Crippen molar-refractivity contribution in [3.8, 4) is 0 Å². The molecule has 1 aromatic rings. The third-order valence-corrected chi connectivity index (χ3v) is 3.72. The molecule has 6 heteroatoms. The summed E-state index contributed by atoms with van der Waals surface area (Å²) in [6.45, 7) is 7.07. The topological polar surface area (TPSA) is 58.2 Å². The van der Waals surface area contributed by atoms with Crippen LogP contribution in [0.25, 0.3) is 0 Å². The molecule has 0 saturated carbocycles. The molecule has 1 N–H and O–H groups in total. The average Bonchev–Trinajstić information content (AvgIpc) is 2.72. The van der Waals surface area contributed by atoms with E-state index in [1.165, 1.54) is 0 Å². The van der Waals surface area contributed by atoms with E-state index in [0.29, 0.717) is 18.7 Å². The molecular formula is C12H18BrN3O2. The number of H-pyrrole nitrogens is 1. The summed E-state index contributed by atoms with van der Waals surface area (Å²) in [5.41, 5.74) is 1.13. The Bertz CT molecular complexity index is 444. The molecule has 5 nitrogen and oxygen atoms in total. The van der Waals surface area contributed by atoms with Crippen molar-refractivity contribution in [1.82, 2.24) is 15.1 Å². The van der Waals surface area contributed by atoms with Gasteiger partial charge in [0.15, 0.2) is 0 Å². The quantitative estimate of drug-likeness (QED) is 0.846. The van der Waals surface area contributed by atoms with Crippen molar-refractivity contribution in [2.45, 2.75) is 32.5 Å². The molecule has 0 aromatic carbocycles. The van der Waals surface area contributed by atoms with Gasteiger partial charge in [0.25, 0.3) is 5.91 Å². The highest BCUT2D eigenvalue weighted by atomic mass is 79.9. The van der Waals surface area contributed by atoms with Gasteiger partial charge < -0.3 is 9.64 Å². The molecule has 0 bridgehead atoms. The molecule has 1 unspecified atom stereocenters. The molecule has 1 aromatic heterocycles. The first-order chi connectivity index (χ1) is 8.43. The number of rotatable bonds is 2. The zero-order chi connectivity index (χ0) is 13.3. The van der Waals surface area contributed by atoms with Gasteiger partial charge in [0, 0.05) is 24.1 Å². The van der Waals surface area contributed by atoms with Crippen LogP contribution < -0.4 is 0 Å². The Morgan fingerprint density at radius 3 is 3.00 bits per heavy atom. The van der Waals surface area contributed by atoms with Crippen molar-refractivity contribution >= 4 is 21.8 Å². The van der Waals surface area contributed by atoms with Crippen LogP contribution in [0.4, 0.5) is 0 Å². The van der Waals surface area contributed by atoms with E-state index in [0.717, 1.165) is 11.0 Å². The third-order valence-electron chi connectivity index (χ3n) is 3.00. The van der Waals surface area contributed by atoms with Gasteiger partial charge in [-0.15, -0.1) is 0 Å². The van der Waals surface area contributed by atoms with Crippen LogP contribution in [0.3, 0.4) is 0 Å². The van der Waals surface area contributed by atoms with Gasteiger partial charge in [-0.1, -0.05) is 15.9 Å². The monoisotopic (exact) mass is 315 g/mol. The van der Waals surface area contributed by atoms with E-state index in [-0.39, 0.29) is 17.6 Å². The minimum atomic E-state index is -0.315. The van der Waals surface area contributed by atoms with Crippen LogP contribution in [0, 0.1) is 6.92 Å². The first kappa shape index (κ1) is 13.5. The summed E-state index contributed by atoms with van der Waals surface area (Å²) >= 11 is 3.42. The van der Waals surface area contributed by atoms with Gasteiger partial charge in [-0.05, 0) is 20.8 Å². The second-order valence-corrected chi connectivity index (χ2v) is 5.90. The van der Waals surface area contributed by atoms with Gasteiger partial charge in [-0.25, -0.2) is 0 Å². The Labute approximate surface area is 115 Å². The standard InChI is InChI=1S/C12H18BrN3O2/c1-8-10(5-14-15-8)11(17)16-6-9(4-13)18-12(2,3)7-16/h5,9H,4,6-7H2,1-3H3,(H,14,15). The number of aromatic nitrogens is 2. The lowest BCUT2D eigenvalue weighted by molar-refractivity contribution is -0.116. The van der Waals surface area contributed by atoms with Gasteiger partial charge in [0.1, 0.15) is 0 Å². The van der Waals surface area contributed by atoms with E-state index in [1.54, 1.807) is 6.20 Å². The highest BCUT2D eigenvalue weighted by Crippen LogP contribution is 2.23. The number of alkyl halides is 1. The smallest absolute Gasteiger partial charge is 0.257 e. The number of aryl methyl sites for hydroxylation is 1. The number of halogens is 1. The summed E-state index contributed by atoms with van der Waals surface area (Å²) in [6, 6.07) is 0. The first-order valence-electron chi connectivity index (χ1n) is 5.96. The average molecular weight is 316 g/mol. The van der Waals surface area contributed by atoms with Crippen LogP contribution >= 0.6 is 15.9 Å². The fourth-order valence-corrected chi connectivity index (χ4v) is 2.60.